The van der Waals surface area contributed by atoms with Crippen LogP contribution < -0.4 is 0 Å². The molecule has 0 aliphatic carbocycles. The molecule has 0 saturated carbocycles. The molecule has 20 heavy (non-hydrogen) atoms. The molecular formula is C14H8Br2F4. The molecule has 0 aromatic heterocycles. The van der Waals surface area contributed by atoms with E-state index in [1.807, 2.05) is 0 Å². The minimum absolute atomic E-state index is 0.0654. The molecule has 0 N–H and O–H groups in total. The van der Waals surface area contributed by atoms with Gasteiger partial charge in [0.15, 0.2) is 0 Å². The predicted molar refractivity (Wildman–Crippen MR) is 76.2 cm³/mol. The minimum Gasteiger partial charge on any atom is -0.223 e. The van der Waals surface area contributed by atoms with Gasteiger partial charge in [0.05, 0.1) is 0 Å². The molecule has 0 atom stereocenters. The van der Waals surface area contributed by atoms with Crippen molar-refractivity contribution in [3.8, 4) is 0 Å². The molecule has 0 spiro atoms. The number of hydrogen-bond donors (Lipinski definition) is 0. The van der Waals surface area contributed by atoms with Gasteiger partial charge in [-0.2, -0.15) is 13.2 Å². The van der Waals surface area contributed by atoms with Gasteiger partial charge in [-0.3, -0.25) is 0 Å². The Morgan fingerprint density at radius 1 is 0.650 bits per heavy atom. The Hall–Kier alpha value is -0.880. The lowest BCUT2D eigenvalue weighted by atomic mass is 9.87. The second kappa shape index (κ2) is 5.48. The van der Waals surface area contributed by atoms with Crippen molar-refractivity contribution >= 4 is 31.9 Å². The molecule has 0 unspecified atom stereocenters. The average molecular weight is 412 g/mol. The summed E-state index contributed by atoms with van der Waals surface area (Å²) in [7, 11) is 0. The lowest BCUT2D eigenvalue weighted by Crippen LogP contribution is -2.39. The van der Waals surface area contributed by atoms with Crippen LogP contribution in [0.4, 0.5) is 17.6 Å². The number of benzene rings is 2. The Labute approximate surface area is 130 Å². The summed E-state index contributed by atoms with van der Waals surface area (Å²) in [5.41, 5.74) is -4.54. The lowest BCUT2D eigenvalue weighted by Gasteiger charge is -2.30. The monoisotopic (exact) mass is 410 g/mol. The normalized spacial score (nSPS) is 12.5. The van der Waals surface area contributed by atoms with Crippen LogP contribution in [0.25, 0.3) is 0 Å². The standard InChI is InChI=1S/C14H8Br2F4/c15-11-7-3-1-5-9(11)13(17,14(18,19)20)10-6-2-4-8-12(10)16/h1-8H. The third-order valence-corrected chi connectivity index (χ3v) is 4.26. The zero-order valence-corrected chi connectivity index (χ0v) is 13.1. The van der Waals surface area contributed by atoms with Crippen LogP contribution in [0.5, 0.6) is 0 Å². The average Bonchev–Trinajstić information content (AvgIpc) is 2.37. The minimum atomic E-state index is -5.08. The molecule has 106 valence electrons. The first-order valence-corrected chi connectivity index (χ1v) is 7.12. The summed E-state index contributed by atoms with van der Waals surface area (Å²) >= 11 is 5.98. The molecule has 0 amide bonds. The maximum absolute atomic E-state index is 15.1. The van der Waals surface area contributed by atoms with E-state index < -0.39 is 23.0 Å². The Morgan fingerprint density at radius 2 is 1.00 bits per heavy atom. The topological polar surface area (TPSA) is 0 Å². The summed E-state index contributed by atoms with van der Waals surface area (Å²) < 4.78 is 55.5. The van der Waals surface area contributed by atoms with Crippen molar-refractivity contribution < 1.29 is 17.6 Å². The van der Waals surface area contributed by atoms with E-state index in [1.165, 1.54) is 36.4 Å². The maximum Gasteiger partial charge on any atom is 0.431 e. The summed E-state index contributed by atoms with van der Waals surface area (Å²) in [6.45, 7) is 0. The van der Waals surface area contributed by atoms with Crippen LogP contribution >= 0.6 is 31.9 Å². The highest BCUT2D eigenvalue weighted by molar-refractivity contribution is 9.10. The summed E-state index contributed by atoms with van der Waals surface area (Å²) in [6, 6.07) is 10.8. The molecule has 0 heterocycles. The fraction of sp³-hybridized carbons (Fsp3) is 0.143. The van der Waals surface area contributed by atoms with E-state index in [-0.39, 0.29) is 8.95 Å². The highest BCUT2D eigenvalue weighted by Gasteiger charge is 2.59. The van der Waals surface area contributed by atoms with Crippen molar-refractivity contribution in [2.75, 3.05) is 0 Å². The molecule has 6 heteroatoms. The Morgan fingerprint density at radius 3 is 1.30 bits per heavy atom. The zero-order chi connectivity index (χ0) is 15.0. The van der Waals surface area contributed by atoms with Crippen molar-refractivity contribution in [2.45, 2.75) is 11.8 Å². The number of alkyl halides is 4. The van der Waals surface area contributed by atoms with Crippen LogP contribution in [0, 0.1) is 0 Å². The fourth-order valence-corrected chi connectivity index (χ4v) is 3.05. The third kappa shape index (κ3) is 2.51. The van der Waals surface area contributed by atoms with E-state index in [1.54, 1.807) is 0 Å². The Bertz CT molecular complexity index is 577. The number of halogens is 6. The summed E-state index contributed by atoms with van der Waals surface area (Å²) in [6.07, 6.45) is -5.08. The van der Waals surface area contributed by atoms with E-state index in [0.717, 1.165) is 12.1 Å². The second-order valence-corrected chi connectivity index (χ2v) is 5.82. The van der Waals surface area contributed by atoms with E-state index in [4.69, 9.17) is 0 Å². The Kier molecular flexibility index (Phi) is 4.25. The van der Waals surface area contributed by atoms with Gasteiger partial charge < -0.3 is 0 Å². The molecule has 2 rings (SSSR count). The van der Waals surface area contributed by atoms with Gasteiger partial charge >= 0.3 is 6.18 Å². The highest BCUT2D eigenvalue weighted by Crippen LogP contribution is 2.51. The van der Waals surface area contributed by atoms with Gasteiger partial charge in [-0.25, -0.2) is 4.39 Å². The van der Waals surface area contributed by atoms with E-state index in [9.17, 15) is 13.2 Å². The molecule has 0 bridgehead atoms. The third-order valence-electron chi connectivity index (χ3n) is 2.88. The fourth-order valence-electron chi connectivity index (χ4n) is 1.93. The molecule has 0 nitrogen and oxygen atoms in total. The zero-order valence-electron chi connectivity index (χ0n) is 9.89. The van der Waals surface area contributed by atoms with Gasteiger partial charge in [0.1, 0.15) is 0 Å². The van der Waals surface area contributed by atoms with Gasteiger partial charge in [-0.1, -0.05) is 68.3 Å². The smallest absolute Gasteiger partial charge is 0.223 e. The lowest BCUT2D eigenvalue weighted by molar-refractivity contribution is -0.219. The molecule has 2 aromatic rings. The van der Waals surface area contributed by atoms with Gasteiger partial charge in [0.25, 0.3) is 5.67 Å². The van der Waals surface area contributed by atoms with Gasteiger partial charge in [0, 0.05) is 20.1 Å². The first-order valence-electron chi connectivity index (χ1n) is 5.54. The van der Waals surface area contributed by atoms with Crippen molar-refractivity contribution in [3.63, 3.8) is 0 Å². The number of rotatable bonds is 2. The first-order chi connectivity index (χ1) is 9.28. The van der Waals surface area contributed by atoms with Crippen LogP contribution in [0.15, 0.2) is 57.5 Å². The van der Waals surface area contributed by atoms with Crippen LogP contribution in [-0.4, -0.2) is 6.18 Å². The molecular weight excluding hydrogens is 404 g/mol. The SMILES string of the molecule is FC(F)(F)C(F)(c1ccccc1Br)c1ccccc1Br. The van der Waals surface area contributed by atoms with Crippen molar-refractivity contribution in [1.29, 1.82) is 0 Å². The summed E-state index contributed by atoms with van der Waals surface area (Å²) in [4.78, 5) is 0. The van der Waals surface area contributed by atoms with Crippen LogP contribution in [-0.2, 0) is 5.67 Å². The molecule has 0 aliphatic rings. The van der Waals surface area contributed by atoms with Crippen LogP contribution in [0.1, 0.15) is 11.1 Å². The maximum atomic E-state index is 15.1. The van der Waals surface area contributed by atoms with Gasteiger partial charge in [0.2, 0.25) is 0 Å². The molecule has 0 radical (unpaired) electrons. The molecule has 0 fully saturated rings. The summed E-state index contributed by atoms with van der Waals surface area (Å²) in [5.74, 6) is 0. The molecule has 0 saturated heterocycles. The predicted octanol–water partition coefficient (Wildman–Crippen LogP) is 5.99. The van der Waals surface area contributed by atoms with Crippen molar-refractivity contribution in [2.24, 2.45) is 0 Å². The largest absolute Gasteiger partial charge is 0.431 e. The van der Waals surface area contributed by atoms with Crippen LogP contribution in [0.3, 0.4) is 0 Å². The molecule has 2 aromatic carbocycles. The van der Waals surface area contributed by atoms with Gasteiger partial charge in [-0.15, -0.1) is 0 Å². The number of hydrogen-bond acceptors (Lipinski definition) is 0. The quantitative estimate of drug-likeness (QED) is 0.532. The van der Waals surface area contributed by atoms with Crippen LogP contribution in [0.2, 0.25) is 0 Å². The Balaban J connectivity index is 2.78. The molecule has 0 aliphatic heterocycles. The van der Waals surface area contributed by atoms with Gasteiger partial charge in [-0.05, 0) is 12.1 Å². The first kappa shape index (κ1) is 15.5. The van der Waals surface area contributed by atoms with E-state index in [2.05, 4.69) is 31.9 Å². The van der Waals surface area contributed by atoms with E-state index >= 15 is 4.39 Å². The van der Waals surface area contributed by atoms with E-state index in [0.29, 0.717) is 0 Å². The second-order valence-electron chi connectivity index (χ2n) is 4.12. The highest BCUT2D eigenvalue weighted by atomic mass is 79.9. The van der Waals surface area contributed by atoms with Crippen molar-refractivity contribution in [1.82, 2.24) is 0 Å². The summed E-state index contributed by atoms with van der Waals surface area (Å²) in [5, 5.41) is 0. The van der Waals surface area contributed by atoms with Crippen molar-refractivity contribution in [3.05, 3.63) is 68.6 Å².